The van der Waals surface area contributed by atoms with E-state index in [9.17, 15) is 13.2 Å². The molecule has 1 saturated heterocycles. The van der Waals surface area contributed by atoms with Crippen LogP contribution in [0.4, 0.5) is 5.69 Å². The van der Waals surface area contributed by atoms with E-state index >= 15 is 0 Å². The zero-order valence-electron chi connectivity index (χ0n) is 17.3. The quantitative estimate of drug-likeness (QED) is 0.815. The Balaban J connectivity index is 1.51. The SMILES string of the molecule is CC(C)(C)c1ccc(NC(=O)CN2CCN(S(=O)(=O)c3ccccc3)CC2)cc1. The van der Waals surface area contributed by atoms with Crippen LogP contribution in [0.15, 0.2) is 59.5 Å². The van der Waals surface area contributed by atoms with E-state index in [-0.39, 0.29) is 17.9 Å². The van der Waals surface area contributed by atoms with Gasteiger partial charge in [0.2, 0.25) is 15.9 Å². The summed E-state index contributed by atoms with van der Waals surface area (Å²) in [5, 5.41) is 2.92. The molecule has 1 heterocycles. The smallest absolute Gasteiger partial charge is 0.243 e. The molecule has 1 amide bonds. The Hall–Kier alpha value is -2.22. The molecule has 6 nitrogen and oxygen atoms in total. The number of amides is 1. The minimum absolute atomic E-state index is 0.0717. The Kier molecular flexibility index (Phi) is 6.41. The second-order valence-electron chi connectivity index (χ2n) is 8.37. The first-order chi connectivity index (χ1) is 13.7. The first kappa shape index (κ1) is 21.5. The predicted octanol–water partition coefficient (Wildman–Crippen LogP) is 2.93. The summed E-state index contributed by atoms with van der Waals surface area (Å²) < 4.78 is 26.9. The van der Waals surface area contributed by atoms with Gasteiger partial charge in [0.25, 0.3) is 0 Å². The molecule has 1 N–H and O–H groups in total. The van der Waals surface area contributed by atoms with Gasteiger partial charge < -0.3 is 5.32 Å². The minimum Gasteiger partial charge on any atom is -0.325 e. The fourth-order valence-electron chi connectivity index (χ4n) is 3.33. The van der Waals surface area contributed by atoms with Gasteiger partial charge in [-0.2, -0.15) is 4.31 Å². The molecule has 3 rings (SSSR count). The second kappa shape index (κ2) is 8.65. The number of carbonyl (C=O) groups excluding carboxylic acids is 1. The largest absolute Gasteiger partial charge is 0.325 e. The molecule has 0 aromatic heterocycles. The van der Waals surface area contributed by atoms with Crippen molar-refractivity contribution in [3.8, 4) is 0 Å². The molecule has 0 spiro atoms. The van der Waals surface area contributed by atoms with Gasteiger partial charge in [-0.05, 0) is 35.2 Å². The Morgan fingerprint density at radius 3 is 2.07 bits per heavy atom. The van der Waals surface area contributed by atoms with Gasteiger partial charge in [-0.1, -0.05) is 51.1 Å². The van der Waals surface area contributed by atoms with Crippen LogP contribution in [0.3, 0.4) is 0 Å². The van der Waals surface area contributed by atoms with E-state index in [1.165, 1.54) is 9.87 Å². The summed E-state index contributed by atoms with van der Waals surface area (Å²) in [6, 6.07) is 16.4. The van der Waals surface area contributed by atoms with E-state index in [4.69, 9.17) is 0 Å². The first-order valence-corrected chi connectivity index (χ1v) is 11.3. The molecule has 1 aliphatic rings. The van der Waals surface area contributed by atoms with Gasteiger partial charge in [0, 0.05) is 31.9 Å². The number of anilines is 1. The third-order valence-corrected chi connectivity index (χ3v) is 7.03. The molecule has 0 unspecified atom stereocenters. The maximum absolute atomic E-state index is 12.7. The normalized spacial score (nSPS) is 16.5. The van der Waals surface area contributed by atoms with Gasteiger partial charge in [0.05, 0.1) is 11.4 Å². The Morgan fingerprint density at radius 1 is 0.931 bits per heavy atom. The van der Waals surface area contributed by atoms with E-state index < -0.39 is 10.0 Å². The topological polar surface area (TPSA) is 69.7 Å². The molecule has 1 fully saturated rings. The van der Waals surface area contributed by atoms with Gasteiger partial charge >= 0.3 is 0 Å². The van der Waals surface area contributed by atoms with Crippen LogP contribution in [0.1, 0.15) is 26.3 Å². The van der Waals surface area contributed by atoms with Crippen molar-refractivity contribution in [3.63, 3.8) is 0 Å². The van der Waals surface area contributed by atoms with Crippen molar-refractivity contribution >= 4 is 21.6 Å². The first-order valence-electron chi connectivity index (χ1n) is 9.84. The number of hydrogen-bond donors (Lipinski definition) is 1. The second-order valence-corrected chi connectivity index (χ2v) is 10.3. The lowest BCUT2D eigenvalue weighted by Gasteiger charge is -2.33. The van der Waals surface area contributed by atoms with E-state index in [2.05, 4.69) is 26.1 Å². The van der Waals surface area contributed by atoms with Crippen molar-refractivity contribution in [2.24, 2.45) is 0 Å². The zero-order chi connectivity index (χ0) is 21.1. The van der Waals surface area contributed by atoms with Crippen LogP contribution in [-0.2, 0) is 20.2 Å². The summed E-state index contributed by atoms with van der Waals surface area (Å²) in [6.45, 7) is 8.52. The van der Waals surface area contributed by atoms with Crippen LogP contribution >= 0.6 is 0 Å². The van der Waals surface area contributed by atoms with E-state index in [1.54, 1.807) is 30.3 Å². The number of hydrogen-bond acceptors (Lipinski definition) is 4. The monoisotopic (exact) mass is 415 g/mol. The van der Waals surface area contributed by atoms with E-state index in [1.807, 2.05) is 29.2 Å². The van der Waals surface area contributed by atoms with E-state index in [0.29, 0.717) is 31.1 Å². The van der Waals surface area contributed by atoms with Crippen molar-refractivity contribution < 1.29 is 13.2 Å². The summed E-state index contributed by atoms with van der Waals surface area (Å²) in [6.07, 6.45) is 0. The lowest BCUT2D eigenvalue weighted by Crippen LogP contribution is -2.50. The molecular formula is C22H29N3O3S. The standard InChI is InChI=1S/C22H29N3O3S/c1-22(2,3)18-9-11-19(12-10-18)23-21(26)17-24-13-15-25(16-14-24)29(27,28)20-7-5-4-6-8-20/h4-12H,13-17H2,1-3H3,(H,23,26). The van der Waals surface area contributed by atoms with Gasteiger partial charge in [0.15, 0.2) is 0 Å². The molecule has 0 saturated carbocycles. The molecule has 0 bridgehead atoms. The Morgan fingerprint density at radius 2 is 1.52 bits per heavy atom. The van der Waals surface area contributed by atoms with Crippen LogP contribution in [-0.4, -0.2) is 56.3 Å². The molecule has 7 heteroatoms. The predicted molar refractivity (Wildman–Crippen MR) is 115 cm³/mol. The van der Waals surface area contributed by atoms with Gasteiger partial charge in [-0.25, -0.2) is 8.42 Å². The van der Waals surface area contributed by atoms with Crippen LogP contribution in [0.2, 0.25) is 0 Å². The molecule has 0 atom stereocenters. The molecule has 2 aromatic carbocycles. The lowest BCUT2D eigenvalue weighted by molar-refractivity contribution is -0.117. The number of sulfonamides is 1. The molecule has 29 heavy (non-hydrogen) atoms. The highest BCUT2D eigenvalue weighted by Crippen LogP contribution is 2.23. The number of piperazine rings is 1. The zero-order valence-corrected chi connectivity index (χ0v) is 18.1. The average molecular weight is 416 g/mol. The number of rotatable bonds is 5. The number of carbonyl (C=O) groups is 1. The molecule has 2 aromatic rings. The highest BCUT2D eigenvalue weighted by molar-refractivity contribution is 7.89. The van der Waals surface area contributed by atoms with Crippen molar-refractivity contribution in [2.75, 3.05) is 38.0 Å². The maximum Gasteiger partial charge on any atom is 0.243 e. The summed E-state index contributed by atoms with van der Waals surface area (Å²) in [4.78, 5) is 14.7. The Labute approximate surface area is 173 Å². The van der Waals surface area contributed by atoms with Gasteiger partial charge in [-0.3, -0.25) is 9.69 Å². The third-order valence-electron chi connectivity index (χ3n) is 5.11. The van der Waals surface area contributed by atoms with Crippen LogP contribution in [0.25, 0.3) is 0 Å². The molecule has 1 aliphatic heterocycles. The highest BCUT2D eigenvalue weighted by atomic mass is 32.2. The van der Waals surface area contributed by atoms with Gasteiger partial charge in [-0.15, -0.1) is 0 Å². The third kappa shape index (κ3) is 5.44. The Bertz CT molecular complexity index is 928. The fraction of sp³-hybridized carbons (Fsp3) is 0.409. The van der Waals surface area contributed by atoms with Crippen molar-refractivity contribution in [1.82, 2.24) is 9.21 Å². The summed E-state index contributed by atoms with van der Waals surface area (Å²) in [5.74, 6) is -0.0899. The number of nitrogens with one attached hydrogen (secondary N) is 1. The number of nitrogens with zero attached hydrogens (tertiary/aromatic N) is 2. The van der Waals surface area contributed by atoms with Crippen molar-refractivity contribution in [2.45, 2.75) is 31.1 Å². The van der Waals surface area contributed by atoms with Crippen LogP contribution in [0.5, 0.6) is 0 Å². The van der Waals surface area contributed by atoms with Crippen molar-refractivity contribution in [1.29, 1.82) is 0 Å². The lowest BCUT2D eigenvalue weighted by atomic mass is 9.87. The molecular weight excluding hydrogens is 386 g/mol. The minimum atomic E-state index is -3.47. The van der Waals surface area contributed by atoms with Crippen LogP contribution < -0.4 is 5.32 Å². The van der Waals surface area contributed by atoms with E-state index in [0.717, 1.165) is 5.69 Å². The van der Waals surface area contributed by atoms with Gasteiger partial charge in [0.1, 0.15) is 0 Å². The average Bonchev–Trinajstić information content (AvgIpc) is 2.69. The summed E-state index contributed by atoms with van der Waals surface area (Å²) >= 11 is 0. The fourth-order valence-corrected chi connectivity index (χ4v) is 4.77. The van der Waals surface area contributed by atoms with Crippen molar-refractivity contribution in [3.05, 3.63) is 60.2 Å². The molecule has 0 radical (unpaired) electrons. The highest BCUT2D eigenvalue weighted by Gasteiger charge is 2.28. The summed E-state index contributed by atoms with van der Waals surface area (Å²) in [7, 11) is -3.47. The van der Waals surface area contributed by atoms with Crippen LogP contribution in [0, 0.1) is 0 Å². The maximum atomic E-state index is 12.7. The molecule has 0 aliphatic carbocycles. The number of benzene rings is 2. The summed E-state index contributed by atoms with van der Waals surface area (Å²) in [5.41, 5.74) is 2.06. The molecule has 156 valence electrons.